The average molecular weight is 408 g/mol. The molecule has 0 aliphatic carbocycles. The second kappa shape index (κ2) is 10.5. The van der Waals surface area contributed by atoms with Gasteiger partial charge in [-0.2, -0.15) is 0 Å². The van der Waals surface area contributed by atoms with Gasteiger partial charge in [-0.3, -0.25) is 9.69 Å². The Kier molecular flexibility index (Phi) is 7.80. The first-order valence-corrected chi connectivity index (χ1v) is 10.5. The van der Waals surface area contributed by atoms with Crippen LogP contribution in [-0.2, 0) is 11.3 Å². The minimum absolute atomic E-state index is 0.0829. The van der Waals surface area contributed by atoms with Crippen molar-refractivity contribution in [2.24, 2.45) is 4.99 Å². The predicted molar refractivity (Wildman–Crippen MR) is 110 cm³/mol. The van der Waals surface area contributed by atoms with Crippen molar-refractivity contribution in [3.63, 3.8) is 0 Å². The number of piperazine rings is 1. The Labute approximate surface area is 171 Å². The third-order valence-corrected chi connectivity index (χ3v) is 5.48. The summed E-state index contributed by atoms with van der Waals surface area (Å²) in [5, 5.41) is 3.23. The van der Waals surface area contributed by atoms with Crippen molar-refractivity contribution in [2.75, 3.05) is 52.4 Å². The quantitative estimate of drug-likeness (QED) is 0.600. The molecule has 2 heterocycles. The smallest absolute Gasteiger partial charge is 0.236 e. The minimum Gasteiger partial charge on any atom is -0.357 e. The third kappa shape index (κ3) is 6.13. The highest BCUT2D eigenvalue weighted by Crippen LogP contribution is 2.12. The maximum atomic E-state index is 13.9. The van der Waals surface area contributed by atoms with E-state index >= 15 is 0 Å². The Morgan fingerprint density at radius 1 is 1.03 bits per heavy atom. The molecule has 0 unspecified atom stereocenters. The molecule has 160 valence electrons. The number of hydrogen-bond donors (Lipinski definition) is 1. The molecule has 6 nitrogen and oxygen atoms in total. The maximum Gasteiger partial charge on any atom is 0.236 e. The van der Waals surface area contributed by atoms with E-state index in [9.17, 15) is 13.6 Å². The summed E-state index contributed by atoms with van der Waals surface area (Å²) < 4.78 is 27.2. The van der Waals surface area contributed by atoms with Crippen LogP contribution in [0.15, 0.2) is 23.2 Å². The van der Waals surface area contributed by atoms with E-state index in [-0.39, 0.29) is 18.0 Å². The van der Waals surface area contributed by atoms with E-state index in [1.165, 1.54) is 12.5 Å². The highest BCUT2D eigenvalue weighted by molar-refractivity contribution is 5.80. The van der Waals surface area contributed by atoms with Crippen LogP contribution in [0.4, 0.5) is 8.78 Å². The fourth-order valence-corrected chi connectivity index (χ4v) is 3.80. The molecular weight excluding hydrogens is 376 g/mol. The zero-order valence-electron chi connectivity index (χ0n) is 17.2. The summed E-state index contributed by atoms with van der Waals surface area (Å²) in [4.78, 5) is 23.2. The lowest BCUT2D eigenvalue weighted by Crippen LogP contribution is -2.54. The number of halogens is 2. The topological polar surface area (TPSA) is 51.2 Å². The van der Waals surface area contributed by atoms with Gasteiger partial charge in [-0.05, 0) is 44.4 Å². The van der Waals surface area contributed by atoms with Crippen LogP contribution in [-0.4, -0.2) is 78.9 Å². The molecule has 0 aromatic heterocycles. The van der Waals surface area contributed by atoms with Crippen LogP contribution in [0.2, 0.25) is 0 Å². The van der Waals surface area contributed by atoms with Gasteiger partial charge in [-0.25, -0.2) is 13.8 Å². The highest BCUT2D eigenvalue weighted by Gasteiger charge is 2.24. The molecule has 1 aromatic rings. The predicted octanol–water partition coefficient (Wildman–Crippen LogP) is 2.06. The van der Waals surface area contributed by atoms with Gasteiger partial charge in [0.25, 0.3) is 0 Å². The number of amides is 1. The van der Waals surface area contributed by atoms with Crippen LogP contribution < -0.4 is 5.32 Å². The van der Waals surface area contributed by atoms with Crippen molar-refractivity contribution in [2.45, 2.75) is 32.7 Å². The third-order valence-electron chi connectivity index (χ3n) is 5.48. The van der Waals surface area contributed by atoms with Gasteiger partial charge >= 0.3 is 0 Å². The first-order chi connectivity index (χ1) is 14.1. The lowest BCUT2D eigenvalue weighted by Gasteiger charge is -2.37. The van der Waals surface area contributed by atoms with Crippen LogP contribution in [0.3, 0.4) is 0 Å². The van der Waals surface area contributed by atoms with Crippen LogP contribution >= 0.6 is 0 Å². The number of guanidine groups is 1. The van der Waals surface area contributed by atoms with Gasteiger partial charge in [-0.15, -0.1) is 0 Å². The molecular formula is C21H31F2N5O. The van der Waals surface area contributed by atoms with Crippen LogP contribution in [0.25, 0.3) is 0 Å². The van der Waals surface area contributed by atoms with Gasteiger partial charge in [0.2, 0.25) is 5.91 Å². The number of rotatable bonds is 5. The van der Waals surface area contributed by atoms with Gasteiger partial charge in [0.15, 0.2) is 5.96 Å². The number of nitrogens with zero attached hydrogens (tertiary/aromatic N) is 4. The molecule has 2 saturated heterocycles. The Hall–Kier alpha value is -2.22. The van der Waals surface area contributed by atoms with Crippen molar-refractivity contribution >= 4 is 11.9 Å². The second-order valence-corrected chi connectivity index (χ2v) is 7.61. The SMILES string of the molecule is CCNC(=NCc1cc(F)ccc1F)N1CCN(CC(=O)N2CCCCC2)CC1. The van der Waals surface area contributed by atoms with Crippen LogP contribution in [0.5, 0.6) is 0 Å². The van der Waals surface area contributed by atoms with Crippen LogP contribution in [0, 0.1) is 11.6 Å². The Bertz CT molecular complexity index is 713. The Morgan fingerprint density at radius 2 is 1.76 bits per heavy atom. The monoisotopic (exact) mass is 407 g/mol. The molecule has 2 aliphatic heterocycles. The highest BCUT2D eigenvalue weighted by atomic mass is 19.1. The molecule has 8 heteroatoms. The first kappa shape index (κ1) is 21.5. The number of benzene rings is 1. The van der Waals surface area contributed by atoms with Gasteiger partial charge < -0.3 is 15.1 Å². The number of carbonyl (C=O) groups is 1. The van der Waals surface area contributed by atoms with Crippen molar-refractivity contribution < 1.29 is 13.6 Å². The van der Waals surface area contributed by atoms with Crippen molar-refractivity contribution in [1.29, 1.82) is 0 Å². The maximum absolute atomic E-state index is 13.9. The van der Waals surface area contributed by atoms with E-state index in [2.05, 4.69) is 20.1 Å². The summed E-state index contributed by atoms with van der Waals surface area (Å²) in [5.74, 6) is -0.000831. The summed E-state index contributed by atoms with van der Waals surface area (Å²) in [7, 11) is 0. The molecule has 29 heavy (non-hydrogen) atoms. The van der Waals surface area contributed by atoms with E-state index in [4.69, 9.17) is 0 Å². The minimum atomic E-state index is -0.464. The summed E-state index contributed by atoms with van der Waals surface area (Å²) in [5.41, 5.74) is 0.242. The number of carbonyl (C=O) groups excluding carboxylic acids is 1. The second-order valence-electron chi connectivity index (χ2n) is 7.61. The number of likely N-dealkylation sites (tertiary alicyclic amines) is 1. The van der Waals surface area contributed by atoms with Gasteiger partial charge in [-0.1, -0.05) is 0 Å². The molecule has 3 rings (SSSR count). The van der Waals surface area contributed by atoms with Crippen LogP contribution in [0.1, 0.15) is 31.7 Å². The molecule has 1 N–H and O–H groups in total. The van der Waals surface area contributed by atoms with E-state index in [1.807, 2.05) is 11.8 Å². The molecule has 2 fully saturated rings. The molecule has 2 aliphatic rings. The summed E-state index contributed by atoms with van der Waals surface area (Å²) in [6.07, 6.45) is 3.43. The van der Waals surface area contributed by atoms with Gasteiger partial charge in [0.1, 0.15) is 11.6 Å². The molecule has 0 radical (unpaired) electrons. The number of piperidine rings is 1. The fraction of sp³-hybridized carbons (Fsp3) is 0.619. The van der Waals surface area contributed by atoms with E-state index in [1.54, 1.807) is 0 Å². The number of hydrogen-bond acceptors (Lipinski definition) is 3. The van der Waals surface area contributed by atoms with Crippen molar-refractivity contribution in [1.82, 2.24) is 20.0 Å². The zero-order valence-corrected chi connectivity index (χ0v) is 17.2. The lowest BCUT2D eigenvalue weighted by molar-refractivity contribution is -0.133. The fourth-order valence-electron chi connectivity index (χ4n) is 3.80. The number of nitrogens with one attached hydrogen (secondary N) is 1. The standard InChI is InChI=1S/C21H31F2N5O/c1-2-24-21(25-15-17-14-18(22)6-7-19(17)23)28-12-10-26(11-13-28)16-20(29)27-8-4-3-5-9-27/h6-7,14H,2-5,8-13,15-16H2,1H3,(H,24,25). The van der Waals surface area contributed by atoms with Crippen molar-refractivity contribution in [3.05, 3.63) is 35.4 Å². The molecule has 1 amide bonds. The van der Waals surface area contributed by atoms with E-state index in [0.29, 0.717) is 19.0 Å². The summed E-state index contributed by atoms with van der Waals surface area (Å²) in [6.45, 7) is 8.02. The largest absolute Gasteiger partial charge is 0.357 e. The zero-order chi connectivity index (χ0) is 20.6. The summed E-state index contributed by atoms with van der Waals surface area (Å²) in [6, 6.07) is 3.43. The molecule has 0 bridgehead atoms. The molecule has 0 atom stereocenters. The van der Waals surface area contributed by atoms with E-state index in [0.717, 1.165) is 64.2 Å². The van der Waals surface area contributed by atoms with E-state index < -0.39 is 11.6 Å². The van der Waals surface area contributed by atoms with Gasteiger partial charge in [0, 0.05) is 51.4 Å². The Balaban J connectivity index is 1.53. The average Bonchev–Trinajstić information content (AvgIpc) is 2.74. The molecule has 0 spiro atoms. The molecule has 0 saturated carbocycles. The molecule has 1 aromatic carbocycles. The Morgan fingerprint density at radius 3 is 2.45 bits per heavy atom. The van der Waals surface area contributed by atoms with Gasteiger partial charge in [0.05, 0.1) is 13.1 Å². The van der Waals surface area contributed by atoms with Crippen molar-refractivity contribution in [3.8, 4) is 0 Å². The summed E-state index contributed by atoms with van der Waals surface area (Å²) >= 11 is 0. The number of aliphatic imine (C=N–C) groups is 1. The first-order valence-electron chi connectivity index (χ1n) is 10.5. The lowest BCUT2D eigenvalue weighted by atomic mass is 10.1. The normalized spacial score (nSPS) is 18.8.